The monoisotopic (exact) mass is 260 g/mol. The fraction of sp³-hybridized carbons (Fsp3) is 0.615. The van der Waals surface area contributed by atoms with Crippen molar-refractivity contribution in [1.82, 2.24) is 24.6 Å². The summed E-state index contributed by atoms with van der Waals surface area (Å²) < 4.78 is 1.74. The number of anilines is 1. The molecule has 0 aliphatic carbocycles. The van der Waals surface area contributed by atoms with E-state index in [0.717, 1.165) is 36.5 Å². The lowest BCUT2D eigenvalue weighted by Gasteiger charge is -2.19. The molecular weight excluding hydrogens is 240 g/mol. The van der Waals surface area contributed by atoms with Crippen molar-refractivity contribution in [2.24, 2.45) is 12.5 Å². The first-order chi connectivity index (χ1) is 8.94. The highest BCUT2D eigenvalue weighted by Crippen LogP contribution is 2.29. The van der Waals surface area contributed by atoms with Crippen LogP contribution in [0.25, 0.3) is 11.0 Å². The summed E-state index contributed by atoms with van der Waals surface area (Å²) in [5.74, 6) is 1.30. The lowest BCUT2D eigenvalue weighted by atomic mass is 9.93. The van der Waals surface area contributed by atoms with E-state index in [1.165, 1.54) is 6.42 Å². The summed E-state index contributed by atoms with van der Waals surface area (Å²) >= 11 is 0. The second-order valence-corrected chi connectivity index (χ2v) is 6.16. The van der Waals surface area contributed by atoms with Gasteiger partial charge in [-0.3, -0.25) is 9.58 Å². The molecule has 6 nitrogen and oxygen atoms in total. The van der Waals surface area contributed by atoms with Crippen LogP contribution in [0, 0.1) is 5.41 Å². The Bertz CT molecular complexity index is 615. The van der Waals surface area contributed by atoms with Crippen LogP contribution in [0.15, 0.2) is 6.20 Å². The number of rotatable bonds is 2. The first kappa shape index (κ1) is 12.3. The minimum atomic E-state index is 0.391. The number of nitrogen functional groups attached to an aromatic ring is 1. The van der Waals surface area contributed by atoms with Gasteiger partial charge in [-0.05, 0) is 18.4 Å². The molecule has 0 saturated carbocycles. The third-order valence-electron chi connectivity index (χ3n) is 3.79. The molecule has 0 unspecified atom stereocenters. The van der Waals surface area contributed by atoms with E-state index >= 15 is 0 Å². The van der Waals surface area contributed by atoms with Gasteiger partial charge < -0.3 is 5.73 Å². The third-order valence-corrected chi connectivity index (χ3v) is 3.79. The standard InChI is InChI=1S/C13H20N6/c1-13(2)4-5-19(8-13)7-10-16-11(14)9-6-15-18(3)12(9)17-10/h6H,4-5,7-8H2,1-3H3,(H2,14,16,17). The number of hydrogen-bond acceptors (Lipinski definition) is 5. The van der Waals surface area contributed by atoms with Gasteiger partial charge in [0, 0.05) is 13.6 Å². The van der Waals surface area contributed by atoms with Crippen LogP contribution in [0.4, 0.5) is 5.82 Å². The number of aryl methyl sites for hydroxylation is 1. The van der Waals surface area contributed by atoms with E-state index in [9.17, 15) is 0 Å². The highest BCUT2D eigenvalue weighted by Gasteiger charge is 2.29. The Morgan fingerprint density at radius 2 is 2.16 bits per heavy atom. The zero-order valence-corrected chi connectivity index (χ0v) is 11.7. The topological polar surface area (TPSA) is 72.9 Å². The molecule has 2 aromatic rings. The van der Waals surface area contributed by atoms with Crippen molar-refractivity contribution >= 4 is 16.9 Å². The number of nitrogens with two attached hydrogens (primary N) is 1. The molecule has 0 spiro atoms. The van der Waals surface area contributed by atoms with Crippen LogP contribution in [0.2, 0.25) is 0 Å². The van der Waals surface area contributed by atoms with Crippen molar-refractivity contribution in [2.75, 3.05) is 18.8 Å². The molecule has 102 valence electrons. The van der Waals surface area contributed by atoms with Gasteiger partial charge in [-0.2, -0.15) is 5.10 Å². The van der Waals surface area contributed by atoms with Crippen LogP contribution in [0.1, 0.15) is 26.1 Å². The van der Waals surface area contributed by atoms with E-state index in [-0.39, 0.29) is 0 Å². The summed E-state index contributed by atoms with van der Waals surface area (Å²) in [6.07, 6.45) is 2.93. The molecule has 3 rings (SSSR count). The smallest absolute Gasteiger partial charge is 0.163 e. The summed E-state index contributed by atoms with van der Waals surface area (Å²) in [6.45, 7) is 7.53. The van der Waals surface area contributed by atoms with Gasteiger partial charge in [0.1, 0.15) is 11.6 Å². The van der Waals surface area contributed by atoms with Gasteiger partial charge in [0.15, 0.2) is 5.65 Å². The first-order valence-corrected chi connectivity index (χ1v) is 6.61. The fourth-order valence-corrected chi connectivity index (χ4v) is 2.72. The van der Waals surface area contributed by atoms with Gasteiger partial charge in [0.05, 0.1) is 18.1 Å². The Kier molecular flexibility index (Phi) is 2.70. The summed E-state index contributed by atoms with van der Waals surface area (Å²) in [5, 5.41) is 5.00. The minimum Gasteiger partial charge on any atom is -0.383 e. The third kappa shape index (κ3) is 2.28. The predicted molar refractivity (Wildman–Crippen MR) is 74.4 cm³/mol. The van der Waals surface area contributed by atoms with Crippen molar-refractivity contribution in [3.63, 3.8) is 0 Å². The Hall–Kier alpha value is -1.69. The lowest BCUT2D eigenvalue weighted by Crippen LogP contribution is -2.24. The van der Waals surface area contributed by atoms with Gasteiger partial charge >= 0.3 is 0 Å². The van der Waals surface area contributed by atoms with Crippen molar-refractivity contribution in [1.29, 1.82) is 0 Å². The van der Waals surface area contributed by atoms with Gasteiger partial charge in [0.25, 0.3) is 0 Å². The quantitative estimate of drug-likeness (QED) is 0.877. The molecule has 1 aliphatic rings. The average Bonchev–Trinajstić information content (AvgIpc) is 2.84. The maximum atomic E-state index is 5.97. The number of nitrogens with zero attached hydrogens (tertiary/aromatic N) is 5. The normalized spacial score (nSPS) is 19.3. The van der Waals surface area contributed by atoms with Crippen LogP contribution in [-0.4, -0.2) is 37.7 Å². The summed E-state index contributed by atoms with van der Waals surface area (Å²) in [4.78, 5) is 11.4. The maximum Gasteiger partial charge on any atom is 0.163 e. The van der Waals surface area contributed by atoms with Gasteiger partial charge in [0.2, 0.25) is 0 Å². The molecule has 6 heteroatoms. The number of aromatic nitrogens is 4. The molecule has 2 N–H and O–H groups in total. The molecule has 0 aromatic carbocycles. The summed E-state index contributed by atoms with van der Waals surface area (Å²) in [5.41, 5.74) is 7.17. The zero-order chi connectivity index (χ0) is 13.6. The Morgan fingerprint density at radius 1 is 1.37 bits per heavy atom. The van der Waals surface area contributed by atoms with Gasteiger partial charge in [-0.1, -0.05) is 13.8 Å². The summed E-state index contributed by atoms with van der Waals surface area (Å²) in [6, 6.07) is 0. The van der Waals surface area contributed by atoms with Crippen molar-refractivity contribution in [3.05, 3.63) is 12.0 Å². The first-order valence-electron chi connectivity index (χ1n) is 6.61. The van der Waals surface area contributed by atoms with E-state index < -0.39 is 0 Å². The van der Waals surface area contributed by atoms with Crippen LogP contribution in [-0.2, 0) is 13.6 Å². The molecule has 2 aromatic heterocycles. The largest absolute Gasteiger partial charge is 0.383 e. The Morgan fingerprint density at radius 3 is 2.84 bits per heavy atom. The van der Waals surface area contributed by atoms with Crippen LogP contribution >= 0.6 is 0 Å². The molecule has 1 aliphatic heterocycles. The van der Waals surface area contributed by atoms with Crippen molar-refractivity contribution < 1.29 is 0 Å². The predicted octanol–water partition coefficient (Wildman–Crippen LogP) is 1.18. The van der Waals surface area contributed by atoms with Crippen LogP contribution in [0.3, 0.4) is 0 Å². The molecule has 19 heavy (non-hydrogen) atoms. The SMILES string of the molecule is Cn1ncc2c(N)nc(CN3CCC(C)(C)C3)nc21. The Labute approximate surface area is 112 Å². The number of likely N-dealkylation sites (tertiary alicyclic amines) is 1. The van der Waals surface area contributed by atoms with Crippen molar-refractivity contribution in [3.8, 4) is 0 Å². The van der Waals surface area contributed by atoms with E-state index in [4.69, 9.17) is 5.73 Å². The van der Waals surface area contributed by atoms with Crippen LogP contribution in [0.5, 0.6) is 0 Å². The number of fused-ring (bicyclic) bond motifs is 1. The van der Waals surface area contributed by atoms with Gasteiger partial charge in [-0.15, -0.1) is 0 Å². The van der Waals surface area contributed by atoms with Crippen LogP contribution < -0.4 is 5.73 Å². The second-order valence-electron chi connectivity index (χ2n) is 6.16. The minimum absolute atomic E-state index is 0.391. The summed E-state index contributed by atoms with van der Waals surface area (Å²) in [7, 11) is 1.87. The van der Waals surface area contributed by atoms with Gasteiger partial charge in [-0.25, -0.2) is 9.97 Å². The molecule has 0 radical (unpaired) electrons. The van der Waals surface area contributed by atoms with E-state index in [0.29, 0.717) is 11.2 Å². The highest BCUT2D eigenvalue weighted by atomic mass is 15.3. The van der Waals surface area contributed by atoms with E-state index in [1.807, 2.05) is 7.05 Å². The molecule has 1 saturated heterocycles. The number of hydrogen-bond donors (Lipinski definition) is 1. The van der Waals surface area contributed by atoms with E-state index in [1.54, 1.807) is 10.9 Å². The average molecular weight is 260 g/mol. The zero-order valence-electron chi connectivity index (χ0n) is 11.7. The molecule has 0 amide bonds. The molecule has 1 fully saturated rings. The maximum absolute atomic E-state index is 5.97. The molecular formula is C13H20N6. The van der Waals surface area contributed by atoms with Crippen molar-refractivity contribution in [2.45, 2.75) is 26.8 Å². The molecule has 0 bridgehead atoms. The lowest BCUT2D eigenvalue weighted by molar-refractivity contribution is 0.279. The Balaban J connectivity index is 1.87. The molecule has 3 heterocycles. The molecule has 0 atom stereocenters. The highest BCUT2D eigenvalue weighted by molar-refractivity contribution is 5.84. The second kappa shape index (κ2) is 4.16. The van der Waals surface area contributed by atoms with E-state index in [2.05, 4.69) is 33.8 Å². The fourth-order valence-electron chi connectivity index (χ4n) is 2.72.